The van der Waals surface area contributed by atoms with Crippen LogP contribution in [0.2, 0.25) is 4.34 Å². The molecule has 0 saturated heterocycles. The van der Waals surface area contributed by atoms with Crippen LogP contribution in [0.25, 0.3) is 11.1 Å². The normalized spacial score (nSPS) is 16.6. The molecule has 1 unspecified atom stereocenters. The van der Waals surface area contributed by atoms with Gasteiger partial charge in [-0.2, -0.15) is 0 Å². The van der Waals surface area contributed by atoms with Gasteiger partial charge in [0.25, 0.3) is 0 Å². The van der Waals surface area contributed by atoms with Crippen LogP contribution in [0, 0.1) is 5.82 Å². The van der Waals surface area contributed by atoms with E-state index < -0.39 is 5.92 Å². The summed E-state index contributed by atoms with van der Waals surface area (Å²) < 4.78 is 14.1. The van der Waals surface area contributed by atoms with E-state index >= 15 is 0 Å². The Morgan fingerprint density at radius 1 is 1.08 bits per heavy atom. The summed E-state index contributed by atoms with van der Waals surface area (Å²) in [5.41, 5.74) is 2.96. The minimum Gasteiger partial charge on any atom is -0.375 e. The standard InChI is InChI=1S/C19H13ClFNOS/c20-18-15(11-5-2-1-3-6-11)16-17(23)14(10-22-19(16)24-18)12-7-4-8-13(21)9-12/h1-9,14,22H,10H2. The molecule has 4 rings (SSSR count). The molecule has 0 amide bonds. The van der Waals surface area contributed by atoms with Gasteiger partial charge in [0.15, 0.2) is 5.78 Å². The number of carbonyl (C=O) groups is 1. The summed E-state index contributed by atoms with van der Waals surface area (Å²) in [6, 6.07) is 15.9. The Labute approximate surface area is 147 Å². The molecule has 1 N–H and O–H groups in total. The van der Waals surface area contributed by atoms with Gasteiger partial charge >= 0.3 is 0 Å². The van der Waals surface area contributed by atoms with Crippen LogP contribution in [0.15, 0.2) is 54.6 Å². The summed E-state index contributed by atoms with van der Waals surface area (Å²) in [5, 5.41) is 4.07. The number of thiophene rings is 1. The molecule has 0 aliphatic carbocycles. The lowest BCUT2D eigenvalue weighted by Gasteiger charge is -2.23. The molecule has 0 radical (unpaired) electrons. The van der Waals surface area contributed by atoms with Crippen LogP contribution in [-0.2, 0) is 0 Å². The van der Waals surface area contributed by atoms with Crippen molar-refractivity contribution in [2.75, 3.05) is 11.9 Å². The smallest absolute Gasteiger partial charge is 0.175 e. The number of carbonyl (C=O) groups excluding carboxylic acids is 1. The van der Waals surface area contributed by atoms with Crippen molar-refractivity contribution in [2.45, 2.75) is 5.92 Å². The van der Waals surface area contributed by atoms with Crippen LogP contribution in [0.4, 0.5) is 9.39 Å². The summed E-state index contributed by atoms with van der Waals surface area (Å²) in [6.45, 7) is 0.445. The Hall–Kier alpha value is -2.17. The highest BCUT2D eigenvalue weighted by Gasteiger charge is 2.34. The van der Waals surface area contributed by atoms with E-state index in [-0.39, 0.29) is 11.6 Å². The average molecular weight is 358 g/mol. The van der Waals surface area contributed by atoms with Crippen molar-refractivity contribution in [3.63, 3.8) is 0 Å². The Bertz CT molecular complexity index is 922. The molecular weight excluding hydrogens is 345 g/mol. The van der Waals surface area contributed by atoms with Crippen LogP contribution < -0.4 is 5.32 Å². The first-order chi connectivity index (χ1) is 11.6. The second-order valence-electron chi connectivity index (χ2n) is 5.67. The van der Waals surface area contributed by atoms with E-state index in [0.29, 0.717) is 22.0 Å². The minimum atomic E-state index is -0.415. The van der Waals surface area contributed by atoms with Crippen molar-refractivity contribution < 1.29 is 9.18 Å². The number of nitrogens with one attached hydrogen (secondary N) is 1. The molecule has 2 heterocycles. The van der Waals surface area contributed by atoms with Crippen LogP contribution in [0.3, 0.4) is 0 Å². The molecular formula is C19H13ClFNOS. The van der Waals surface area contributed by atoms with Gasteiger partial charge in [0.2, 0.25) is 0 Å². The summed E-state index contributed by atoms with van der Waals surface area (Å²) in [6.07, 6.45) is 0. The van der Waals surface area contributed by atoms with Gasteiger partial charge in [-0.1, -0.05) is 54.1 Å². The van der Waals surface area contributed by atoms with Crippen molar-refractivity contribution >= 4 is 33.7 Å². The van der Waals surface area contributed by atoms with Crippen molar-refractivity contribution in [3.05, 3.63) is 75.9 Å². The van der Waals surface area contributed by atoms with Gasteiger partial charge in [0.1, 0.15) is 15.2 Å². The van der Waals surface area contributed by atoms with E-state index in [1.165, 1.54) is 23.5 Å². The van der Waals surface area contributed by atoms with E-state index in [0.717, 1.165) is 16.1 Å². The SMILES string of the molecule is O=C1c2c(sc(Cl)c2-c2ccccc2)NCC1c1cccc(F)c1. The molecule has 0 bridgehead atoms. The molecule has 2 nitrogen and oxygen atoms in total. The minimum absolute atomic E-state index is 0.0173. The van der Waals surface area contributed by atoms with Crippen LogP contribution >= 0.6 is 22.9 Å². The molecule has 120 valence electrons. The fraction of sp³-hybridized carbons (Fsp3) is 0.105. The first-order valence-electron chi connectivity index (χ1n) is 7.56. The van der Waals surface area contributed by atoms with Crippen LogP contribution in [0.1, 0.15) is 21.8 Å². The molecule has 1 aliphatic heterocycles. The Morgan fingerprint density at radius 2 is 1.88 bits per heavy atom. The zero-order valence-electron chi connectivity index (χ0n) is 12.6. The van der Waals surface area contributed by atoms with Crippen molar-refractivity contribution in [1.82, 2.24) is 0 Å². The number of benzene rings is 2. The van der Waals surface area contributed by atoms with Gasteiger partial charge in [-0.25, -0.2) is 4.39 Å². The van der Waals surface area contributed by atoms with Gasteiger partial charge in [-0.3, -0.25) is 4.79 Å². The molecule has 1 atom stereocenters. The molecule has 24 heavy (non-hydrogen) atoms. The number of Topliss-reactive ketones (excluding diaryl/α,β-unsaturated/α-hetero) is 1. The predicted octanol–water partition coefficient (Wildman–Crippen LogP) is 5.60. The third-order valence-corrected chi connectivity index (χ3v) is 5.56. The number of anilines is 1. The molecule has 3 aromatic rings. The monoisotopic (exact) mass is 357 g/mol. The highest BCUT2D eigenvalue weighted by molar-refractivity contribution is 7.21. The van der Waals surface area contributed by atoms with Gasteiger partial charge in [-0.15, -0.1) is 11.3 Å². The maximum absolute atomic E-state index is 13.5. The lowest BCUT2D eigenvalue weighted by molar-refractivity contribution is 0.0961. The maximum Gasteiger partial charge on any atom is 0.175 e. The predicted molar refractivity (Wildman–Crippen MR) is 96.7 cm³/mol. The number of halogens is 2. The van der Waals surface area contributed by atoms with Gasteiger partial charge in [0.05, 0.1) is 11.5 Å². The van der Waals surface area contributed by atoms with Crippen LogP contribution in [-0.4, -0.2) is 12.3 Å². The van der Waals surface area contributed by atoms with Crippen molar-refractivity contribution in [3.8, 4) is 11.1 Å². The molecule has 1 aliphatic rings. The second-order valence-corrected chi connectivity index (χ2v) is 7.30. The Kier molecular flexibility index (Phi) is 3.87. The zero-order chi connectivity index (χ0) is 16.7. The second kappa shape index (κ2) is 6.04. The number of hydrogen-bond acceptors (Lipinski definition) is 3. The van der Waals surface area contributed by atoms with E-state index in [1.54, 1.807) is 12.1 Å². The maximum atomic E-state index is 13.5. The number of hydrogen-bond donors (Lipinski definition) is 1. The van der Waals surface area contributed by atoms with Crippen LogP contribution in [0.5, 0.6) is 0 Å². The number of rotatable bonds is 2. The molecule has 2 aromatic carbocycles. The lowest BCUT2D eigenvalue weighted by atomic mass is 9.86. The third-order valence-electron chi connectivity index (χ3n) is 4.21. The highest BCUT2D eigenvalue weighted by atomic mass is 35.5. The lowest BCUT2D eigenvalue weighted by Crippen LogP contribution is -2.27. The third kappa shape index (κ3) is 2.52. The van der Waals surface area contributed by atoms with Gasteiger partial charge in [-0.05, 0) is 23.3 Å². The van der Waals surface area contributed by atoms with E-state index in [4.69, 9.17) is 11.6 Å². The van der Waals surface area contributed by atoms with Gasteiger partial charge < -0.3 is 5.32 Å². The number of fused-ring (bicyclic) bond motifs is 1. The molecule has 1 aromatic heterocycles. The average Bonchev–Trinajstić information content (AvgIpc) is 2.93. The summed E-state index contributed by atoms with van der Waals surface area (Å²) in [7, 11) is 0. The zero-order valence-corrected chi connectivity index (χ0v) is 14.1. The largest absolute Gasteiger partial charge is 0.375 e. The number of ketones is 1. The highest BCUT2D eigenvalue weighted by Crippen LogP contribution is 2.47. The molecule has 0 spiro atoms. The quantitative estimate of drug-likeness (QED) is 0.646. The Morgan fingerprint density at radius 3 is 2.62 bits per heavy atom. The van der Waals surface area contributed by atoms with Gasteiger partial charge in [0, 0.05) is 12.1 Å². The van der Waals surface area contributed by atoms with E-state index in [2.05, 4.69) is 5.32 Å². The molecule has 0 saturated carbocycles. The van der Waals surface area contributed by atoms with Crippen molar-refractivity contribution in [2.24, 2.45) is 0 Å². The fourth-order valence-electron chi connectivity index (χ4n) is 3.08. The Balaban J connectivity index is 1.83. The van der Waals surface area contributed by atoms with E-state index in [9.17, 15) is 9.18 Å². The van der Waals surface area contributed by atoms with Crippen molar-refractivity contribution in [1.29, 1.82) is 0 Å². The molecule has 5 heteroatoms. The first kappa shape index (κ1) is 15.4. The first-order valence-corrected chi connectivity index (χ1v) is 8.76. The molecule has 0 fully saturated rings. The topological polar surface area (TPSA) is 29.1 Å². The van der Waals surface area contributed by atoms with E-state index in [1.807, 2.05) is 30.3 Å². The summed E-state index contributed by atoms with van der Waals surface area (Å²) in [4.78, 5) is 13.1. The summed E-state index contributed by atoms with van der Waals surface area (Å²) in [5.74, 6) is -0.768. The summed E-state index contributed by atoms with van der Waals surface area (Å²) >= 11 is 7.80. The fourth-order valence-corrected chi connectivity index (χ4v) is 4.48.